The average Bonchev–Trinajstić information content (AvgIpc) is 2.84. The number of anilines is 1. The molecule has 1 heterocycles. The number of amides is 1. The second-order valence-corrected chi connectivity index (χ2v) is 7.32. The predicted molar refractivity (Wildman–Crippen MR) is 117 cm³/mol. The number of aryl methyl sites for hydroxylation is 1. The molecular formula is C25H20FNO6. The minimum atomic E-state index is -0.832. The molecule has 1 aliphatic rings. The Morgan fingerprint density at radius 2 is 1.67 bits per heavy atom. The van der Waals surface area contributed by atoms with Crippen LogP contribution in [0.5, 0.6) is 11.5 Å². The van der Waals surface area contributed by atoms with Crippen LogP contribution >= 0.6 is 0 Å². The second-order valence-electron chi connectivity index (χ2n) is 7.32. The van der Waals surface area contributed by atoms with Crippen LogP contribution in [-0.2, 0) is 9.53 Å². The van der Waals surface area contributed by atoms with Crippen LogP contribution in [0.3, 0.4) is 0 Å². The fourth-order valence-corrected chi connectivity index (χ4v) is 3.28. The third-order valence-corrected chi connectivity index (χ3v) is 4.99. The molecule has 1 aliphatic heterocycles. The Morgan fingerprint density at radius 3 is 2.42 bits per heavy atom. The van der Waals surface area contributed by atoms with Crippen LogP contribution in [-0.4, -0.2) is 37.5 Å². The lowest BCUT2D eigenvalue weighted by molar-refractivity contribution is -0.119. The molecule has 3 aromatic carbocycles. The smallest absolute Gasteiger partial charge is 0.339 e. The minimum absolute atomic E-state index is 0.0200. The number of benzene rings is 3. The van der Waals surface area contributed by atoms with Crippen molar-refractivity contribution in [2.24, 2.45) is 0 Å². The number of esters is 1. The third-order valence-electron chi connectivity index (χ3n) is 4.99. The van der Waals surface area contributed by atoms with Crippen LogP contribution < -0.4 is 14.8 Å². The van der Waals surface area contributed by atoms with E-state index in [0.717, 1.165) is 0 Å². The molecule has 0 aromatic heterocycles. The number of fused-ring (bicyclic) bond motifs is 1. The molecule has 0 atom stereocenters. The largest absolute Gasteiger partial charge is 0.486 e. The predicted octanol–water partition coefficient (Wildman–Crippen LogP) is 3.93. The molecule has 7 nitrogen and oxygen atoms in total. The molecule has 8 heteroatoms. The maximum absolute atomic E-state index is 13.6. The van der Waals surface area contributed by atoms with E-state index in [1.165, 1.54) is 24.3 Å². The number of hydrogen-bond donors (Lipinski definition) is 1. The molecule has 1 N–H and O–H groups in total. The van der Waals surface area contributed by atoms with E-state index in [1.54, 1.807) is 43.3 Å². The zero-order valence-corrected chi connectivity index (χ0v) is 17.7. The van der Waals surface area contributed by atoms with E-state index < -0.39 is 30.1 Å². The van der Waals surface area contributed by atoms with E-state index in [0.29, 0.717) is 35.8 Å². The van der Waals surface area contributed by atoms with Crippen molar-refractivity contribution in [2.45, 2.75) is 6.92 Å². The standard InChI is InChI=1S/C25H20FNO6/c1-15-6-8-17(13-20(15)26)27-23(28)14-33-25(30)19-5-3-2-4-18(19)24(29)16-7-9-21-22(12-16)32-11-10-31-21/h2-9,12-13H,10-11,14H2,1H3,(H,27,28). The molecule has 0 saturated heterocycles. The van der Waals surface area contributed by atoms with Gasteiger partial charge < -0.3 is 19.5 Å². The van der Waals surface area contributed by atoms with E-state index in [9.17, 15) is 18.8 Å². The summed E-state index contributed by atoms with van der Waals surface area (Å²) in [5.74, 6) is -1.33. The summed E-state index contributed by atoms with van der Waals surface area (Å²) in [5.41, 5.74) is 1.15. The lowest BCUT2D eigenvalue weighted by atomic mass is 9.98. The van der Waals surface area contributed by atoms with Crippen LogP contribution in [0.1, 0.15) is 31.8 Å². The monoisotopic (exact) mass is 449 g/mol. The quantitative estimate of drug-likeness (QED) is 0.453. The van der Waals surface area contributed by atoms with Crippen LogP contribution in [0.4, 0.5) is 10.1 Å². The molecule has 0 aliphatic carbocycles. The van der Waals surface area contributed by atoms with Gasteiger partial charge in [-0.15, -0.1) is 0 Å². The van der Waals surface area contributed by atoms with Crippen molar-refractivity contribution in [3.05, 3.63) is 88.7 Å². The Hall–Kier alpha value is -4.20. The molecule has 4 rings (SSSR count). The van der Waals surface area contributed by atoms with Crippen LogP contribution in [0.15, 0.2) is 60.7 Å². The summed E-state index contributed by atoms with van der Waals surface area (Å²) < 4.78 is 29.7. The fraction of sp³-hybridized carbons (Fsp3) is 0.160. The van der Waals surface area contributed by atoms with Crippen molar-refractivity contribution in [3.63, 3.8) is 0 Å². The Morgan fingerprint density at radius 1 is 0.939 bits per heavy atom. The first-order valence-electron chi connectivity index (χ1n) is 10.2. The Labute approximate surface area is 189 Å². The number of halogens is 1. The van der Waals surface area contributed by atoms with Crippen molar-refractivity contribution in [1.29, 1.82) is 0 Å². The molecule has 0 fully saturated rings. The Kier molecular flexibility index (Phi) is 6.35. The highest BCUT2D eigenvalue weighted by Gasteiger charge is 2.22. The van der Waals surface area contributed by atoms with E-state index in [-0.39, 0.29) is 16.8 Å². The highest BCUT2D eigenvalue weighted by atomic mass is 19.1. The van der Waals surface area contributed by atoms with Gasteiger partial charge in [-0.25, -0.2) is 9.18 Å². The summed E-state index contributed by atoms with van der Waals surface area (Å²) in [7, 11) is 0. The number of nitrogens with one attached hydrogen (secondary N) is 1. The van der Waals surface area contributed by atoms with Gasteiger partial charge >= 0.3 is 5.97 Å². The van der Waals surface area contributed by atoms with Gasteiger partial charge in [-0.1, -0.05) is 24.3 Å². The molecule has 168 valence electrons. The SMILES string of the molecule is Cc1ccc(NC(=O)COC(=O)c2ccccc2C(=O)c2ccc3c(c2)OCCO3)cc1F. The van der Waals surface area contributed by atoms with Gasteiger partial charge in [0.15, 0.2) is 23.9 Å². The van der Waals surface area contributed by atoms with Gasteiger partial charge in [-0.3, -0.25) is 9.59 Å². The first-order valence-corrected chi connectivity index (χ1v) is 10.2. The Balaban J connectivity index is 1.45. The number of ether oxygens (including phenoxy) is 3. The second kappa shape index (κ2) is 9.52. The Bertz CT molecular complexity index is 1240. The first kappa shape index (κ1) is 22.0. The first-order chi connectivity index (χ1) is 15.9. The number of carbonyl (C=O) groups is 3. The highest BCUT2D eigenvalue weighted by Crippen LogP contribution is 2.31. The molecule has 3 aromatic rings. The van der Waals surface area contributed by atoms with Crippen LogP contribution in [0.25, 0.3) is 0 Å². The third kappa shape index (κ3) is 5.01. The fourth-order valence-electron chi connectivity index (χ4n) is 3.28. The number of hydrogen-bond acceptors (Lipinski definition) is 6. The van der Waals surface area contributed by atoms with Crippen LogP contribution in [0.2, 0.25) is 0 Å². The molecule has 0 spiro atoms. The number of rotatable bonds is 6. The van der Waals surface area contributed by atoms with Crippen molar-refractivity contribution >= 4 is 23.3 Å². The van der Waals surface area contributed by atoms with Crippen molar-refractivity contribution in [1.82, 2.24) is 0 Å². The molecule has 0 radical (unpaired) electrons. The van der Waals surface area contributed by atoms with Gasteiger partial charge in [0.25, 0.3) is 5.91 Å². The molecule has 0 bridgehead atoms. The average molecular weight is 449 g/mol. The van der Waals surface area contributed by atoms with Gasteiger partial charge in [0, 0.05) is 16.8 Å². The topological polar surface area (TPSA) is 90.9 Å². The molecule has 0 unspecified atom stereocenters. The van der Waals surface area contributed by atoms with Crippen molar-refractivity contribution < 1.29 is 33.0 Å². The minimum Gasteiger partial charge on any atom is -0.486 e. The lowest BCUT2D eigenvalue weighted by Gasteiger charge is -2.18. The van der Waals surface area contributed by atoms with Gasteiger partial charge in [0.1, 0.15) is 19.0 Å². The zero-order chi connectivity index (χ0) is 23.4. The summed E-state index contributed by atoms with van der Waals surface area (Å²) in [6.45, 7) is 1.82. The summed E-state index contributed by atoms with van der Waals surface area (Å²) in [6, 6.07) is 15.2. The molecular weight excluding hydrogens is 429 g/mol. The van der Waals surface area contributed by atoms with Gasteiger partial charge in [-0.05, 0) is 48.9 Å². The number of carbonyl (C=O) groups excluding carboxylic acids is 3. The maximum Gasteiger partial charge on any atom is 0.339 e. The van der Waals surface area contributed by atoms with Crippen molar-refractivity contribution in [2.75, 3.05) is 25.1 Å². The normalized spacial score (nSPS) is 12.1. The number of ketones is 1. The summed E-state index contributed by atoms with van der Waals surface area (Å²) >= 11 is 0. The van der Waals surface area contributed by atoms with E-state index in [1.807, 2.05) is 0 Å². The summed E-state index contributed by atoms with van der Waals surface area (Å²) in [4.78, 5) is 37.8. The van der Waals surface area contributed by atoms with E-state index >= 15 is 0 Å². The van der Waals surface area contributed by atoms with Crippen LogP contribution in [0, 0.1) is 12.7 Å². The van der Waals surface area contributed by atoms with Crippen molar-refractivity contribution in [3.8, 4) is 11.5 Å². The highest BCUT2D eigenvalue weighted by molar-refractivity contribution is 6.14. The zero-order valence-electron chi connectivity index (χ0n) is 17.7. The molecule has 33 heavy (non-hydrogen) atoms. The van der Waals surface area contributed by atoms with Gasteiger partial charge in [0.2, 0.25) is 0 Å². The van der Waals surface area contributed by atoms with E-state index in [2.05, 4.69) is 5.32 Å². The molecule has 1 amide bonds. The molecule has 0 saturated carbocycles. The summed E-state index contributed by atoms with van der Waals surface area (Å²) in [6.07, 6.45) is 0. The summed E-state index contributed by atoms with van der Waals surface area (Å²) in [5, 5.41) is 2.46. The van der Waals surface area contributed by atoms with Gasteiger partial charge in [-0.2, -0.15) is 0 Å². The van der Waals surface area contributed by atoms with Gasteiger partial charge in [0.05, 0.1) is 5.56 Å². The van der Waals surface area contributed by atoms with E-state index in [4.69, 9.17) is 14.2 Å². The lowest BCUT2D eigenvalue weighted by Crippen LogP contribution is -2.22. The maximum atomic E-state index is 13.6.